The van der Waals surface area contributed by atoms with Crippen molar-refractivity contribution in [1.82, 2.24) is 10.6 Å². The smallest absolute Gasteiger partial charge is 0.191 e. The van der Waals surface area contributed by atoms with E-state index in [0.29, 0.717) is 12.0 Å². The van der Waals surface area contributed by atoms with Crippen LogP contribution in [0.4, 0.5) is 5.69 Å². The number of aliphatic imine (C=N–C) groups is 1. The second-order valence-electron chi connectivity index (χ2n) is 8.23. The van der Waals surface area contributed by atoms with Crippen LogP contribution in [0.3, 0.4) is 0 Å². The van der Waals surface area contributed by atoms with Gasteiger partial charge in [0.1, 0.15) is 0 Å². The molecule has 0 atom stereocenters. The molecule has 3 rings (SSSR count). The van der Waals surface area contributed by atoms with Crippen LogP contribution in [0, 0.1) is 5.41 Å². The molecule has 1 aromatic rings. The van der Waals surface area contributed by atoms with Gasteiger partial charge in [0.2, 0.25) is 0 Å². The number of methoxy groups -OCH3 is 1. The van der Waals surface area contributed by atoms with Crippen LogP contribution in [0.2, 0.25) is 0 Å². The largest absolute Gasteiger partial charge is 0.385 e. The molecule has 2 aliphatic rings. The number of guanidine groups is 1. The van der Waals surface area contributed by atoms with Crippen molar-refractivity contribution in [3.05, 3.63) is 29.8 Å². The summed E-state index contributed by atoms with van der Waals surface area (Å²) < 4.78 is 10.9. The van der Waals surface area contributed by atoms with Crippen LogP contribution in [0.5, 0.6) is 0 Å². The van der Waals surface area contributed by atoms with E-state index in [-0.39, 0.29) is 0 Å². The Hall–Kier alpha value is -1.79. The molecule has 1 aromatic carbocycles. The van der Waals surface area contributed by atoms with Crippen molar-refractivity contribution in [3.63, 3.8) is 0 Å². The predicted octanol–water partition coefficient (Wildman–Crippen LogP) is 3.18. The van der Waals surface area contributed by atoms with Gasteiger partial charge in [-0.2, -0.15) is 0 Å². The summed E-state index contributed by atoms with van der Waals surface area (Å²) in [6.45, 7) is 8.94. The monoisotopic (exact) mass is 402 g/mol. The number of nitrogens with zero attached hydrogens (tertiary/aromatic N) is 2. The highest BCUT2D eigenvalue weighted by Gasteiger charge is 2.33. The van der Waals surface area contributed by atoms with Gasteiger partial charge in [0.15, 0.2) is 5.96 Å². The van der Waals surface area contributed by atoms with Gasteiger partial charge in [-0.15, -0.1) is 0 Å². The highest BCUT2D eigenvalue weighted by atomic mass is 16.5. The molecule has 1 aliphatic heterocycles. The van der Waals surface area contributed by atoms with Crippen LogP contribution < -0.4 is 15.5 Å². The standard InChI is InChI=1S/C23H38N4O2/c1-3-24-22(26-19-23(12-15-28-2)10-6-7-11-23)25-18-20-8-4-5-9-21(20)27-13-16-29-17-14-27/h4-5,8-9H,3,6-7,10-19H2,1-2H3,(H2,24,25,26). The summed E-state index contributed by atoms with van der Waals surface area (Å²) in [6.07, 6.45) is 6.33. The summed E-state index contributed by atoms with van der Waals surface area (Å²) in [5, 5.41) is 7.05. The van der Waals surface area contributed by atoms with Gasteiger partial charge in [-0.25, -0.2) is 4.99 Å². The second-order valence-corrected chi connectivity index (χ2v) is 8.23. The van der Waals surface area contributed by atoms with Gasteiger partial charge < -0.3 is 25.0 Å². The number of anilines is 1. The lowest BCUT2D eigenvalue weighted by Gasteiger charge is -2.31. The molecule has 0 radical (unpaired) electrons. The SMILES string of the molecule is CCNC(=NCc1ccccc1N1CCOCC1)NCC1(CCOC)CCCC1. The van der Waals surface area contributed by atoms with E-state index >= 15 is 0 Å². The maximum absolute atomic E-state index is 5.51. The van der Waals surface area contributed by atoms with E-state index in [2.05, 4.69) is 46.7 Å². The second kappa shape index (κ2) is 11.4. The van der Waals surface area contributed by atoms with Gasteiger partial charge in [-0.05, 0) is 43.2 Å². The number of rotatable bonds is 9. The first-order chi connectivity index (χ1) is 14.3. The minimum atomic E-state index is 0.345. The quantitative estimate of drug-likeness (QED) is 0.491. The molecular weight excluding hydrogens is 364 g/mol. The Morgan fingerprint density at radius 1 is 1.17 bits per heavy atom. The van der Waals surface area contributed by atoms with Gasteiger partial charge in [-0.1, -0.05) is 31.0 Å². The summed E-state index contributed by atoms with van der Waals surface area (Å²) in [5.41, 5.74) is 2.89. The summed E-state index contributed by atoms with van der Waals surface area (Å²) >= 11 is 0. The van der Waals surface area contributed by atoms with Gasteiger partial charge in [-0.3, -0.25) is 0 Å². The van der Waals surface area contributed by atoms with Crippen LogP contribution in [0.15, 0.2) is 29.3 Å². The highest BCUT2D eigenvalue weighted by Crippen LogP contribution is 2.40. The molecule has 6 heteroatoms. The number of ether oxygens (including phenoxy) is 2. The first-order valence-corrected chi connectivity index (χ1v) is 11.2. The molecule has 1 saturated carbocycles. The number of para-hydroxylation sites is 1. The summed E-state index contributed by atoms with van der Waals surface area (Å²) in [6, 6.07) is 8.61. The zero-order chi connectivity index (χ0) is 20.4. The third-order valence-electron chi connectivity index (χ3n) is 6.23. The Morgan fingerprint density at radius 3 is 2.66 bits per heavy atom. The van der Waals surface area contributed by atoms with Crippen LogP contribution in [-0.2, 0) is 16.0 Å². The van der Waals surface area contributed by atoms with Crippen LogP contribution >= 0.6 is 0 Å². The van der Waals surface area contributed by atoms with Crippen molar-refractivity contribution in [2.24, 2.45) is 10.4 Å². The highest BCUT2D eigenvalue weighted by molar-refractivity contribution is 5.80. The normalized spacial score (nSPS) is 19.4. The summed E-state index contributed by atoms with van der Waals surface area (Å²) in [4.78, 5) is 7.33. The predicted molar refractivity (Wildman–Crippen MR) is 120 cm³/mol. The van der Waals surface area contributed by atoms with Gasteiger partial charge >= 0.3 is 0 Å². The van der Waals surface area contributed by atoms with Crippen LogP contribution in [0.1, 0.15) is 44.6 Å². The van der Waals surface area contributed by atoms with E-state index < -0.39 is 0 Å². The third-order valence-corrected chi connectivity index (χ3v) is 6.23. The minimum absolute atomic E-state index is 0.345. The zero-order valence-corrected chi connectivity index (χ0v) is 18.2. The molecule has 6 nitrogen and oxygen atoms in total. The maximum Gasteiger partial charge on any atom is 0.191 e. The summed E-state index contributed by atoms with van der Waals surface area (Å²) in [5.74, 6) is 0.910. The number of nitrogens with one attached hydrogen (secondary N) is 2. The fraction of sp³-hybridized carbons (Fsp3) is 0.696. The molecule has 1 saturated heterocycles. The van der Waals surface area contributed by atoms with Gasteiger partial charge in [0, 0.05) is 45.6 Å². The van der Waals surface area contributed by atoms with Crippen LogP contribution in [0.25, 0.3) is 0 Å². The topological polar surface area (TPSA) is 58.1 Å². The van der Waals surface area contributed by atoms with Crippen molar-refractivity contribution in [2.45, 2.75) is 45.6 Å². The lowest BCUT2D eigenvalue weighted by Crippen LogP contribution is -2.43. The number of benzene rings is 1. The Balaban J connectivity index is 1.65. The third kappa shape index (κ3) is 6.34. The molecule has 0 bridgehead atoms. The number of morpholine rings is 1. The average molecular weight is 403 g/mol. The van der Waals surface area contributed by atoms with E-state index in [0.717, 1.165) is 58.4 Å². The average Bonchev–Trinajstić information content (AvgIpc) is 3.24. The molecule has 0 unspecified atom stereocenters. The number of hydrogen-bond acceptors (Lipinski definition) is 4. The molecule has 0 aromatic heterocycles. The van der Waals surface area contributed by atoms with E-state index in [1.54, 1.807) is 7.11 Å². The molecule has 162 valence electrons. The Labute approximate surface area is 176 Å². The molecule has 1 heterocycles. The first kappa shape index (κ1) is 21.9. The van der Waals surface area contributed by atoms with E-state index in [1.807, 2.05) is 0 Å². The molecule has 0 spiro atoms. The Kier molecular flexibility index (Phi) is 8.62. The summed E-state index contributed by atoms with van der Waals surface area (Å²) in [7, 11) is 1.80. The van der Waals surface area contributed by atoms with Crippen molar-refractivity contribution in [1.29, 1.82) is 0 Å². The van der Waals surface area contributed by atoms with Crippen molar-refractivity contribution < 1.29 is 9.47 Å². The van der Waals surface area contributed by atoms with Crippen molar-refractivity contribution >= 4 is 11.6 Å². The van der Waals surface area contributed by atoms with Crippen LogP contribution in [-0.4, -0.2) is 59.1 Å². The molecule has 0 amide bonds. The van der Waals surface area contributed by atoms with Gasteiger partial charge in [0.05, 0.1) is 19.8 Å². The fourth-order valence-corrected chi connectivity index (χ4v) is 4.49. The zero-order valence-electron chi connectivity index (χ0n) is 18.2. The Bertz CT molecular complexity index is 638. The maximum atomic E-state index is 5.51. The Morgan fingerprint density at radius 2 is 1.93 bits per heavy atom. The number of hydrogen-bond donors (Lipinski definition) is 2. The molecule has 1 aliphatic carbocycles. The first-order valence-electron chi connectivity index (χ1n) is 11.2. The van der Waals surface area contributed by atoms with E-state index in [9.17, 15) is 0 Å². The minimum Gasteiger partial charge on any atom is -0.385 e. The molecule has 2 fully saturated rings. The fourth-order valence-electron chi connectivity index (χ4n) is 4.49. The molecule has 29 heavy (non-hydrogen) atoms. The lowest BCUT2D eigenvalue weighted by atomic mass is 9.83. The molecular formula is C23H38N4O2. The van der Waals surface area contributed by atoms with Crippen molar-refractivity contribution in [3.8, 4) is 0 Å². The van der Waals surface area contributed by atoms with Crippen molar-refractivity contribution in [2.75, 3.05) is 58.0 Å². The molecule has 2 N–H and O–H groups in total. The lowest BCUT2D eigenvalue weighted by molar-refractivity contribution is 0.122. The van der Waals surface area contributed by atoms with Gasteiger partial charge in [0.25, 0.3) is 0 Å². The van der Waals surface area contributed by atoms with E-state index in [4.69, 9.17) is 14.5 Å². The van der Waals surface area contributed by atoms with E-state index in [1.165, 1.54) is 36.9 Å².